The van der Waals surface area contributed by atoms with Gasteiger partial charge in [0.25, 0.3) is 5.91 Å². The fourth-order valence-corrected chi connectivity index (χ4v) is 6.53. The predicted octanol–water partition coefficient (Wildman–Crippen LogP) is 2.56. The van der Waals surface area contributed by atoms with Gasteiger partial charge in [0, 0.05) is 50.9 Å². The van der Waals surface area contributed by atoms with E-state index in [0.717, 1.165) is 13.1 Å². The SMILES string of the molecule is CCN(CC)S(=O)(=O)c1cccc(C(=O)NC(C(=O)N2CCN(C3CCCC3)CC2)C(C)C)c1. The summed E-state index contributed by atoms with van der Waals surface area (Å²) >= 11 is 0. The number of benzene rings is 1. The van der Waals surface area contributed by atoms with Gasteiger partial charge in [0.15, 0.2) is 0 Å². The average Bonchev–Trinajstić information content (AvgIpc) is 3.37. The number of rotatable bonds is 9. The Morgan fingerprint density at radius 1 is 1.06 bits per heavy atom. The van der Waals surface area contributed by atoms with Gasteiger partial charge in [-0.1, -0.05) is 46.6 Å². The van der Waals surface area contributed by atoms with E-state index in [-0.39, 0.29) is 22.3 Å². The Balaban J connectivity index is 1.68. The first kappa shape index (κ1) is 26.6. The van der Waals surface area contributed by atoms with E-state index in [1.54, 1.807) is 26.0 Å². The van der Waals surface area contributed by atoms with Crippen molar-refractivity contribution in [3.8, 4) is 0 Å². The number of hydrogen-bond donors (Lipinski definition) is 1. The van der Waals surface area contributed by atoms with Crippen molar-refractivity contribution in [1.82, 2.24) is 19.4 Å². The van der Waals surface area contributed by atoms with Gasteiger partial charge in [-0.25, -0.2) is 8.42 Å². The van der Waals surface area contributed by atoms with Gasteiger partial charge in [0.05, 0.1) is 4.90 Å². The number of carbonyl (C=O) groups is 2. The zero-order chi connectivity index (χ0) is 24.9. The molecule has 1 unspecified atom stereocenters. The van der Waals surface area contributed by atoms with E-state index < -0.39 is 22.0 Å². The molecule has 2 amide bonds. The maximum atomic E-state index is 13.3. The molecule has 1 aliphatic heterocycles. The van der Waals surface area contributed by atoms with Gasteiger partial charge in [-0.15, -0.1) is 0 Å². The van der Waals surface area contributed by atoms with Crippen LogP contribution in [0.2, 0.25) is 0 Å². The van der Waals surface area contributed by atoms with Crippen LogP contribution in [0.1, 0.15) is 63.7 Å². The van der Waals surface area contributed by atoms with Crippen LogP contribution in [0.3, 0.4) is 0 Å². The Morgan fingerprint density at radius 3 is 2.24 bits per heavy atom. The maximum absolute atomic E-state index is 13.3. The third-order valence-corrected chi connectivity index (χ3v) is 9.17. The van der Waals surface area contributed by atoms with Gasteiger partial charge in [-0.3, -0.25) is 14.5 Å². The second-order valence-electron chi connectivity index (χ2n) is 9.61. The lowest BCUT2D eigenvalue weighted by molar-refractivity contribution is -0.136. The number of piperazine rings is 1. The fourth-order valence-electron chi connectivity index (χ4n) is 5.02. The molecule has 1 aliphatic carbocycles. The number of nitrogens with one attached hydrogen (secondary N) is 1. The Labute approximate surface area is 204 Å². The lowest BCUT2D eigenvalue weighted by Gasteiger charge is -2.39. The summed E-state index contributed by atoms with van der Waals surface area (Å²) in [7, 11) is -3.67. The summed E-state index contributed by atoms with van der Waals surface area (Å²) in [4.78, 5) is 30.8. The molecular formula is C25H40N4O4S. The Morgan fingerprint density at radius 2 is 1.68 bits per heavy atom. The molecule has 0 radical (unpaired) electrons. The Bertz CT molecular complexity index is 947. The van der Waals surface area contributed by atoms with Crippen LogP contribution in [0.15, 0.2) is 29.2 Å². The fraction of sp³-hybridized carbons (Fsp3) is 0.680. The zero-order valence-corrected chi connectivity index (χ0v) is 21.8. The first-order valence-electron chi connectivity index (χ1n) is 12.6. The van der Waals surface area contributed by atoms with Gasteiger partial charge < -0.3 is 10.2 Å². The van der Waals surface area contributed by atoms with Crippen molar-refractivity contribution < 1.29 is 18.0 Å². The minimum atomic E-state index is -3.67. The molecule has 1 saturated carbocycles. The van der Waals surface area contributed by atoms with E-state index in [2.05, 4.69) is 10.2 Å². The van der Waals surface area contributed by atoms with Crippen LogP contribution in [0.5, 0.6) is 0 Å². The summed E-state index contributed by atoms with van der Waals surface area (Å²) in [6.07, 6.45) is 5.09. The first-order chi connectivity index (χ1) is 16.2. The Kier molecular flexibility index (Phi) is 9.12. The van der Waals surface area contributed by atoms with E-state index in [1.165, 1.54) is 42.1 Å². The molecule has 1 saturated heterocycles. The summed E-state index contributed by atoms with van der Waals surface area (Å²) in [6, 6.07) is 6.04. The van der Waals surface area contributed by atoms with Crippen LogP contribution in [-0.4, -0.2) is 85.7 Å². The van der Waals surface area contributed by atoms with E-state index >= 15 is 0 Å². The summed E-state index contributed by atoms with van der Waals surface area (Å²) in [5.41, 5.74) is 0.234. The highest BCUT2D eigenvalue weighted by Crippen LogP contribution is 2.24. The molecular weight excluding hydrogens is 452 g/mol. The number of amides is 2. The normalized spacial score (nSPS) is 19.1. The molecule has 0 spiro atoms. The second-order valence-corrected chi connectivity index (χ2v) is 11.5. The quantitative estimate of drug-likeness (QED) is 0.572. The summed E-state index contributed by atoms with van der Waals surface area (Å²) in [5, 5.41) is 2.88. The van der Waals surface area contributed by atoms with Crippen LogP contribution in [0, 0.1) is 5.92 Å². The molecule has 3 rings (SSSR count). The van der Waals surface area contributed by atoms with Gasteiger partial charge in [0.2, 0.25) is 15.9 Å². The van der Waals surface area contributed by atoms with Crippen molar-refractivity contribution >= 4 is 21.8 Å². The van der Waals surface area contributed by atoms with E-state index in [1.807, 2.05) is 18.7 Å². The molecule has 1 aromatic rings. The third kappa shape index (κ3) is 5.98. The number of hydrogen-bond acceptors (Lipinski definition) is 5. The lowest BCUT2D eigenvalue weighted by Crippen LogP contribution is -2.57. The summed E-state index contributed by atoms with van der Waals surface area (Å²) in [6.45, 7) is 11.2. The zero-order valence-electron chi connectivity index (χ0n) is 21.0. The molecule has 2 fully saturated rings. The molecule has 8 nitrogen and oxygen atoms in total. The van der Waals surface area contributed by atoms with Crippen molar-refractivity contribution in [2.45, 2.75) is 70.4 Å². The Hall–Kier alpha value is -1.97. The van der Waals surface area contributed by atoms with Crippen molar-refractivity contribution in [2.24, 2.45) is 5.92 Å². The van der Waals surface area contributed by atoms with Gasteiger partial charge in [-0.05, 0) is 37.0 Å². The second kappa shape index (κ2) is 11.6. The largest absolute Gasteiger partial charge is 0.340 e. The van der Waals surface area contributed by atoms with E-state index in [0.29, 0.717) is 32.2 Å². The van der Waals surface area contributed by atoms with Crippen molar-refractivity contribution in [2.75, 3.05) is 39.3 Å². The molecule has 0 aromatic heterocycles. The van der Waals surface area contributed by atoms with Crippen LogP contribution in [0.4, 0.5) is 0 Å². The molecule has 1 N–H and O–H groups in total. The molecule has 9 heteroatoms. The van der Waals surface area contributed by atoms with Gasteiger partial charge >= 0.3 is 0 Å². The standard InChI is InChI=1S/C25H40N4O4S/c1-5-29(6-2)34(32,33)22-13-9-10-20(18-22)24(30)26-23(19(3)4)25(31)28-16-14-27(15-17-28)21-11-7-8-12-21/h9-10,13,18-19,21,23H,5-8,11-12,14-17H2,1-4H3,(H,26,30). The van der Waals surface area contributed by atoms with E-state index in [9.17, 15) is 18.0 Å². The highest BCUT2D eigenvalue weighted by molar-refractivity contribution is 7.89. The van der Waals surface area contributed by atoms with Crippen LogP contribution in [0.25, 0.3) is 0 Å². The highest BCUT2D eigenvalue weighted by atomic mass is 32.2. The highest BCUT2D eigenvalue weighted by Gasteiger charge is 2.33. The third-order valence-electron chi connectivity index (χ3n) is 7.13. The van der Waals surface area contributed by atoms with Crippen LogP contribution in [-0.2, 0) is 14.8 Å². The van der Waals surface area contributed by atoms with Gasteiger partial charge in [0.1, 0.15) is 6.04 Å². The molecule has 2 aliphatic rings. The molecule has 1 heterocycles. The van der Waals surface area contributed by atoms with Crippen LogP contribution < -0.4 is 5.32 Å². The van der Waals surface area contributed by atoms with Crippen LogP contribution >= 0.6 is 0 Å². The van der Waals surface area contributed by atoms with E-state index in [4.69, 9.17) is 0 Å². The van der Waals surface area contributed by atoms with Gasteiger partial charge in [-0.2, -0.15) is 4.31 Å². The number of sulfonamides is 1. The summed E-state index contributed by atoms with van der Waals surface area (Å²) in [5.74, 6) is -0.596. The molecule has 190 valence electrons. The van der Waals surface area contributed by atoms with Crippen molar-refractivity contribution in [1.29, 1.82) is 0 Å². The summed E-state index contributed by atoms with van der Waals surface area (Å²) < 4.78 is 27.1. The first-order valence-corrected chi connectivity index (χ1v) is 14.1. The maximum Gasteiger partial charge on any atom is 0.251 e. The average molecular weight is 493 g/mol. The lowest BCUT2D eigenvalue weighted by atomic mass is 10.0. The number of carbonyl (C=O) groups excluding carboxylic acids is 2. The van der Waals surface area contributed by atoms with Crippen molar-refractivity contribution in [3.05, 3.63) is 29.8 Å². The smallest absolute Gasteiger partial charge is 0.251 e. The molecule has 0 bridgehead atoms. The topological polar surface area (TPSA) is 90.0 Å². The molecule has 34 heavy (non-hydrogen) atoms. The van der Waals surface area contributed by atoms with Crippen molar-refractivity contribution in [3.63, 3.8) is 0 Å². The minimum Gasteiger partial charge on any atom is -0.340 e. The predicted molar refractivity (Wildman–Crippen MR) is 133 cm³/mol. The number of nitrogens with zero attached hydrogens (tertiary/aromatic N) is 3. The minimum absolute atomic E-state index is 0.0682. The molecule has 1 atom stereocenters. The monoisotopic (exact) mass is 492 g/mol. The molecule has 1 aromatic carbocycles.